The van der Waals surface area contributed by atoms with E-state index in [9.17, 15) is 0 Å². The van der Waals surface area contributed by atoms with E-state index in [1.807, 2.05) is 0 Å². The molecule has 120 heavy (non-hydrogen) atoms. The number of hydrogen-bond donors (Lipinski definition) is 0. The Morgan fingerprint density at radius 1 is 0.217 bits per heavy atom. The van der Waals surface area contributed by atoms with Gasteiger partial charge in [-0.05, 0) is 261 Å². The van der Waals surface area contributed by atoms with Crippen molar-refractivity contribution in [3.8, 4) is 72.4 Å². The summed E-state index contributed by atoms with van der Waals surface area (Å²) in [6, 6.07) is 117. The van der Waals surface area contributed by atoms with Gasteiger partial charge in [0.1, 0.15) is 0 Å². The van der Waals surface area contributed by atoms with Crippen molar-refractivity contribution in [3.05, 3.63) is 336 Å². The molecule has 0 N–H and O–H groups in total. The minimum atomic E-state index is -0.293. The average molecular weight is 1560 g/mol. The van der Waals surface area contributed by atoms with Gasteiger partial charge in [-0.15, -0.1) is 0 Å². The zero-order valence-corrected chi connectivity index (χ0v) is 74.2. The second-order valence-corrected chi connectivity index (χ2v) is 41.9. The summed E-state index contributed by atoms with van der Waals surface area (Å²) in [5.74, 6) is 0. The van der Waals surface area contributed by atoms with Crippen molar-refractivity contribution in [3.63, 3.8) is 0 Å². The molecule has 0 amide bonds. The third-order valence-electron chi connectivity index (χ3n) is 26.3. The van der Waals surface area contributed by atoms with Crippen LogP contribution in [0.15, 0.2) is 297 Å². The Bertz CT molecular complexity index is 6760. The SMILES string of the molecule is CC(C)(C)c1ccc(-c2cc3c4c(c2)N(c2c(-c5ccccc5)cc(C(C)(C)C)cc2-c2ccccc2)c2cc(-n5c6ccc(C(C)(C)C)cc6c6cc(C(C)(C)C)ccc65)ccc2B4c2ccc(-c4cc5cc(C(C)(C)C)cc6ccc7cc(C(C)(C)C)cc4c7c65)cc2N3c2c(-c3ccccc3)cc(C(C)(C)C)cc2-c2ccccc2)cc1. The van der Waals surface area contributed by atoms with Gasteiger partial charge in [0.25, 0.3) is 6.71 Å². The fourth-order valence-corrected chi connectivity index (χ4v) is 19.3. The van der Waals surface area contributed by atoms with E-state index in [1.54, 1.807) is 0 Å². The Hall–Kier alpha value is -12.0. The Balaban J connectivity index is 1.02. The highest BCUT2D eigenvalue weighted by molar-refractivity contribution is 7.00. The van der Waals surface area contributed by atoms with Crippen LogP contribution >= 0.6 is 0 Å². The van der Waals surface area contributed by atoms with E-state index >= 15 is 0 Å². The first kappa shape index (κ1) is 77.9. The van der Waals surface area contributed by atoms with E-state index in [0.717, 1.165) is 84.3 Å². The lowest BCUT2D eigenvalue weighted by Crippen LogP contribution is -2.61. The Morgan fingerprint density at radius 3 is 0.975 bits per heavy atom. The average Bonchev–Trinajstić information content (AvgIpc) is 0.753. The molecule has 0 saturated carbocycles. The van der Waals surface area contributed by atoms with Gasteiger partial charge in [-0.2, -0.15) is 0 Å². The molecule has 0 saturated heterocycles. The second kappa shape index (κ2) is 27.8. The van der Waals surface area contributed by atoms with Crippen molar-refractivity contribution in [2.24, 2.45) is 0 Å². The van der Waals surface area contributed by atoms with E-state index in [1.165, 1.54) is 132 Å². The maximum absolute atomic E-state index is 2.78. The van der Waals surface area contributed by atoms with Crippen molar-refractivity contribution in [1.82, 2.24) is 4.57 Å². The number of nitrogens with zero attached hydrogens (tertiary/aromatic N) is 3. The smallest absolute Gasteiger partial charge is 0.252 e. The zero-order chi connectivity index (χ0) is 84.0. The molecule has 0 unspecified atom stereocenters. The van der Waals surface area contributed by atoms with Gasteiger partial charge in [0.2, 0.25) is 0 Å². The van der Waals surface area contributed by atoms with Crippen molar-refractivity contribution in [2.75, 3.05) is 9.80 Å². The van der Waals surface area contributed by atoms with Gasteiger partial charge in [-0.3, -0.25) is 0 Å². The van der Waals surface area contributed by atoms with Crippen LogP contribution in [0.1, 0.15) is 184 Å². The van der Waals surface area contributed by atoms with E-state index in [0.29, 0.717) is 0 Å². The third-order valence-corrected chi connectivity index (χ3v) is 26.3. The van der Waals surface area contributed by atoms with E-state index in [-0.39, 0.29) is 44.6 Å². The van der Waals surface area contributed by atoms with Crippen molar-refractivity contribution >= 4 is 111 Å². The highest BCUT2D eigenvalue weighted by Gasteiger charge is 2.47. The van der Waals surface area contributed by atoms with Crippen LogP contribution in [0, 0.1) is 0 Å². The number of fused-ring (bicyclic) bond motifs is 7. The molecular weight excluding hydrogens is 1450 g/mol. The van der Waals surface area contributed by atoms with E-state index in [2.05, 4.69) is 457 Å². The fourth-order valence-electron chi connectivity index (χ4n) is 19.3. The molecule has 0 atom stereocenters. The first-order valence-corrected chi connectivity index (χ1v) is 43.6. The maximum Gasteiger partial charge on any atom is 0.252 e. The lowest BCUT2D eigenvalue weighted by molar-refractivity contribution is 0.590. The molecule has 0 bridgehead atoms. The van der Waals surface area contributed by atoms with Crippen LogP contribution in [0.4, 0.5) is 34.1 Å². The lowest BCUT2D eigenvalue weighted by Gasteiger charge is -2.46. The molecule has 2 aliphatic heterocycles. The molecule has 2 aliphatic rings. The van der Waals surface area contributed by atoms with Crippen LogP contribution in [0.5, 0.6) is 0 Å². The minimum Gasteiger partial charge on any atom is -0.310 e. The summed E-state index contributed by atoms with van der Waals surface area (Å²) >= 11 is 0. The van der Waals surface area contributed by atoms with E-state index in [4.69, 9.17) is 0 Å². The van der Waals surface area contributed by atoms with Crippen molar-refractivity contribution in [2.45, 2.75) is 183 Å². The molecule has 0 spiro atoms. The predicted molar refractivity (Wildman–Crippen MR) is 522 cm³/mol. The Labute approximate surface area is 712 Å². The molecule has 3 nitrogen and oxygen atoms in total. The highest BCUT2D eigenvalue weighted by Crippen LogP contribution is 2.57. The molecule has 3 heterocycles. The molecule has 0 fully saturated rings. The number of rotatable bonds is 9. The van der Waals surface area contributed by atoms with E-state index < -0.39 is 0 Å². The molecule has 19 rings (SSSR count). The van der Waals surface area contributed by atoms with Gasteiger partial charge < -0.3 is 14.4 Å². The summed E-state index contributed by atoms with van der Waals surface area (Å²) in [5, 5.41) is 10.3. The first-order chi connectivity index (χ1) is 56.9. The maximum atomic E-state index is 2.78. The molecule has 1 aromatic heterocycles. The van der Waals surface area contributed by atoms with Crippen LogP contribution in [0.2, 0.25) is 0 Å². The van der Waals surface area contributed by atoms with Crippen molar-refractivity contribution < 1.29 is 0 Å². The largest absolute Gasteiger partial charge is 0.310 e. The molecule has 0 radical (unpaired) electrons. The normalized spacial score (nSPS) is 13.5. The van der Waals surface area contributed by atoms with Gasteiger partial charge in [-0.1, -0.05) is 352 Å². The Kier molecular flexibility index (Phi) is 18.0. The molecule has 0 aliphatic carbocycles. The molecule has 16 aromatic carbocycles. The van der Waals surface area contributed by atoms with Gasteiger partial charge in [-0.25, -0.2) is 0 Å². The molecular formula is C116H112BN3. The fraction of sp³-hybridized carbons (Fsp3) is 0.241. The summed E-state index contributed by atoms with van der Waals surface area (Å²) in [6.07, 6.45) is 0. The van der Waals surface area contributed by atoms with Gasteiger partial charge >= 0.3 is 0 Å². The third kappa shape index (κ3) is 13.3. The van der Waals surface area contributed by atoms with Crippen LogP contribution in [-0.2, 0) is 37.9 Å². The summed E-state index contributed by atoms with van der Waals surface area (Å²) in [5.41, 5.74) is 36.1. The van der Waals surface area contributed by atoms with Crippen molar-refractivity contribution in [1.29, 1.82) is 0 Å². The number of benzene rings is 16. The van der Waals surface area contributed by atoms with Gasteiger partial charge in [0, 0.05) is 61.5 Å². The Morgan fingerprint density at radius 2 is 0.558 bits per heavy atom. The van der Waals surface area contributed by atoms with Crippen LogP contribution < -0.4 is 26.2 Å². The molecule has 594 valence electrons. The number of hydrogen-bond acceptors (Lipinski definition) is 2. The first-order valence-electron chi connectivity index (χ1n) is 43.6. The molecule has 4 heteroatoms. The molecule has 17 aromatic rings. The van der Waals surface area contributed by atoms with Crippen LogP contribution in [-0.4, -0.2) is 11.3 Å². The summed E-state index contributed by atoms with van der Waals surface area (Å²) in [6.45, 7) is 49.2. The monoisotopic (exact) mass is 1560 g/mol. The van der Waals surface area contributed by atoms with Crippen LogP contribution in [0.25, 0.3) is 127 Å². The minimum absolute atomic E-state index is 0.0755. The summed E-state index contributed by atoms with van der Waals surface area (Å²) < 4.78 is 2.59. The second-order valence-electron chi connectivity index (χ2n) is 41.9. The van der Waals surface area contributed by atoms with Gasteiger partial charge in [0.05, 0.1) is 22.4 Å². The summed E-state index contributed by atoms with van der Waals surface area (Å²) in [4.78, 5) is 5.55. The quantitative estimate of drug-likeness (QED) is 0.105. The lowest BCUT2D eigenvalue weighted by atomic mass is 9.33. The number of anilines is 6. The zero-order valence-electron chi connectivity index (χ0n) is 74.2. The topological polar surface area (TPSA) is 11.4 Å². The highest BCUT2D eigenvalue weighted by atomic mass is 15.2. The number of aromatic nitrogens is 1. The van der Waals surface area contributed by atoms with Crippen LogP contribution in [0.3, 0.4) is 0 Å². The standard InChI is InChI=1S/C116H112BN3/c1-110(2,3)81-47-44-71(45-48-81)79-61-103-107-104(62-79)120(109-92(74-38-30-24-31-39-74)67-87(116(19,20)21)68-93(109)75-40-32-25-33-41-75)102-70-88(118-99-54-49-82(111(4,5)6)63-94(99)95-64-83(112(7,8)9)50-55-100(95)118)51-53-98(102)117(107)97-52-46-76(89-59-80-58-84(113(10,11)12)56-77-42-43-78-57-85(114(13,14)15)69-96(89)106(78)105(77)80)60-101(97)119(103)108-90(72-34-26-22-27-35-72)65-86(115(16,17)18)66-91(108)73-36-28-23-29-37-73/h22-70H,1-21H3. The summed E-state index contributed by atoms with van der Waals surface area (Å²) in [7, 11) is 0. The predicted octanol–water partition coefficient (Wildman–Crippen LogP) is 30.8. The van der Waals surface area contributed by atoms with Gasteiger partial charge in [0.15, 0.2) is 0 Å².